The molecule has 1 nitrogen and oxygen atoms in total. The average molecular weight is 217 g/mol. The second kappa shape index (κ2) is 7.86. The molecule has 1 heteroatoms. The van der Waals surface area contributed by atoms with Gasteiger partial charge in [0.05, 0.1) is 5.69 Å². The fourth-order valence-corrected chi connectivity index (χ4v) is 1.51. The van der Waals surface area contributed by atoms with Crippen LogP contribution in [0.4, 0.5) is 0 Å². The molecule has 88 valence electrons. The normalized spacial score (nSPS) is 10.1. The first-order chi connectivity index (χ1) is 7.70. The number of rotatable bonds is 3. The van der Waals surface area contributed by atoms with Crippen LogP contribution in [0.1, 0.15) is 57.4 Å². The molecule has 0 radical (unpaired) electrons. The number of allylic oxidation sites excluding steroid dienone is 1. The van der Waals surface area contributed by atoms with Gasteiger partial charge >= 0.3 is 0 Å². The van der Waals surface area contributed by atoms with Crippen molar-refractivity contribution < 1.29 is 0 Å². The summed E-state index contributed by atoms with van der Waals surface area (Å²) in [5, 5.41) is 0. The summed E-state index contributed by atoms with van der Waals surface area (Å²) >= 11 is 0. The third-order valence-corrected chi connectivity index (χ3v) is 2.15. The zero-order chi connectivity index (χ0) is 12.6. The Bertz CT molecular complexity index is 348. The van der Waals surface area contributed by atoms with Crippen LogP contribution < -0.4 is 0 Å². The van der Waals surface area contributed by atoms with E-state index >= 15 is 0 Å². The van der Waals surface area contributed by atoms with Crippen LogP contribution >= 0.6 is 0 Å². The van der Waals surface area contributed by atoms with Crippen molar-refractivity contribution in [3.8, 4) is 0 Å². The van der Waals surface area contributed by atoms with Gasteiger partial charge in [-0.15, -0.1) is 0 Å². The van der Waals surface area contributed by atoms with Crippen LogP contribution in [0.3, 0.4) is 0 Å². The second-order valence-corrected chi connectivity index (χ2v) is 3.56. The molecule has 0 aliphatic carbocycles. The molecule has 0 saturated carbocycles. The van der Waals surface area contributed by atoms with Gasteiger partial charge in [-0.1, -0.05) is 52.5 Å². The first-order valence-electron chi connectivity index (χ1n) is 5.94. The molecule has 0 atom stereocenters. The van der Waals surface area contributed by atoms with Crippen molar-refractivity contribution in [2.45, 2.75) is 40.5 Å². The van der Waals surface area contributed by atoms with Gasteiger partial charge in [0.1, 0.15) is 0 Å². The van der Waals surface area contributed by atoms with Gasteiger partial charge in [-0.2, -0.15) is 0 Å². The molecule has 0 aliphatic heterocycles. The van der Waals surface area contributed by atoms with Crippen LogP contribution in [-0.2, 0) is 0 Å². The predicted molar refractivity (Wildman–Crippen MR) is 74.5 cm³/mol. The topological polar surface area (TPSA) is 12.9 Å². The van der Waals surface area contributed by atoms with Crippen LogP contribution in [-0.4, -0.2) is 4.98 Å². The second-order valence-electron chi connectivity index (χ2n) is 3.56. The minimum Gasteiger partial charge on any atom is -0.260 e. The Morgan fingerprint density at radius 1 is 1.31 bits per heavy atom. The maximum absolute atomic E-state index is 4.39. The SMILES string of the molecule is C=Cc1c(/C=C\C)ccnc1C(C)C.CC. The van der Waals surface area contributed by atoms with Crippen LogP contribution in [0, 0.1) is 0 Å². The molecule has 0 unspecified atom stereocenters. The number of pyridine rings is 1. The molecule has 1 aromatic heterocycles. The van der Waals surface area contributed by atoms with Gasteiger partial charge in [-0.05, 0) is 24.5 Å². The molecule has 1 aromatic rings. The molecule has 0 bridgehead atoms. The standard InChI is InChI=1S/C13H17N.C2H6/c1-5-7-11-8-9-14-13(10(3)4)12(11)6-2;1-2/h5-10H,2H2,1,3-4H3;1-2H3/b7-5-;. The Balaban J connectivity index is 0.00000106. The molecule has 16 heavy (non-hydrogen) atoms. The third kappa shape index (κ3) is 3.65. The van der Waals surface area contributed by atoms with E-state index in [4.69, 9.17) is 0 Å². The fourth-order valence-electron chi connectivity index (χ4n) is 1.51. The van der Waals surface area contributed by atoms with Crippen molar-refractivity contribution in [2.75, 3.05) is 0 Å². The summed E-state index contributed by atoms with van der Waals surface area (Å²) in [5.74, 6) is 0.438. The number of nitrogens with zero attached hydrogens (tertiary/aromatic N) is 1. The molecule has 0 spiro atoms. The molecule has 0 N–H and O–H groups in total. The van der Waals surface area contributed by atoms with Crippen LogP contribution in [0.25, 0.3) is 12.2 Å². The first-order valence-corrected chi connectivity index (χ1v) is 5.94. The number of hydrogen-bond acceptors (Lipinski definition) is 1. The Morgan fingerprint density at radius 2 is 1.94 bits per heavy atom. The lowest BCUT2D eigenvalue weighted by Gasteiger charge is -2.10. The lowest BCUT2D eigenvalue weighted by Crippen LogP contribution is -1.98. The van der Waals surface area contributed by atoms with E-state index in [-0.39, 0.29) is 0 Å². The summed E-state index contributed by atoms with van der Waals surface area (Å²) in [7, 11) is 0. The van der Waals surface area contributed by atoms with Crippen molar-refractivity contribution in [3.05, 3.63) is 41.7 Å². The van der Waals surface area contributed by atoms with Gasteiger partial charge < -0.3 is 0 Å². The average Bonchev–Trinajstić information content (AvgIpc) is 2.31. The summed E-state index contributed by atoms with van der Waals surface area (Å²) in [6.45, 7) is 14.2. The van der Waals surface area contributed by atoms with Gasteiger partial charge in [-0.3, -0.25) is 4.98 Å². The Morgan fingerprint density at radius 3 is 2.38 bits per heavy atom. The molecule has 1 rings (SSSR count). The maximum Gasteiger partial charge on any atom is 0.0507 e. The van der Waals surface area contributed by atoms with Crippen molar-refractivity contribution in [3.63, 3.8) is 0 Å². The molecule has 0 saturated heterocycles. The monoisotopic (exact) mass is 217 g/mol. The van der Waals surface area contributed by atoms with Crippen LogP contribution in [0.5, 0.6) is 0 Å². The molecular formula is C15H23N. The summed E-state index contributed by atoms with van der Waals surface area (Å²) in [6.07, 6.45) is 7.87. The summed E-state index contributed by atoms with van der Waals surface area (Å²) in [5.41, 5.74) is 3.47. The summed E-state index contributed by atoms with van der Waals surface area (Å²) in [6, 6.07) is 2.02. The molecule has 1 heterocycles. The first kappa shape index (κ1) is 14.6. The Hall–Kier alpha value is -1.37. The van der Waals surface area contributed by atoms with E-state index in [0.29, 0.717) is 5.92 Å². The minimum absolute atomic E-state index is 0.438. The fraction of sp³-hybridized carbons (Fsp3) is 0.400. The van der Waals surface area contributed by atoms with E-state index in [1.165, 1.54) is 5.56 Å². The molecule has 0 aliphatic rings. The smallest absolute Gasteiger partial charge is 0.0507 e. The zero-order valence-corrected chi connectivity index (χ0v) is 11.1. The number of hydrogen-bond donors (Lipinski definition) is 0. The van der Waals surface area contributed by atoms with Crippen molar-refractivity contribution in [2.24, 2.45) is 0 Å². The van der Waals surface area contributed by atoms with Gasteiger partial charge in [0, 0.05) is 11.8 Å². The van der Waals surface area contributed by atoms with Gasteiger partial charge in [0.25, 0.3) is 0 Å². The van der Waals surface area contributed by atoms with Gasteiger partial charge in [-0.25, -0.2) is 0 Å². The quantitative estimate of drug-likeness (QED) is 0.701. The molecular weight excluding hydrogens is 194 g/mol. The lowest BCUT2D eigenvalue weighted by atomic mass is 9.99. The Kier molecular flexibility index (Phi) is 7.19. The summed E-state index contributed by atoms with van der Waals surface area (Å²) < 4.78 is 0. The van der Waals surface area contributed by atoms with E-state index in [0.717, 1.165) is 11.3 Å². The van der Waals surface area contributed by atoms with E-state index in [1.54, 1.807) is 0 Å². The highest BCUT2D eigenvalue weighted by atomic mass is 14.7. The lowest BCUT2D eigenvalue weighted by molar-refractivity contribution is 0.819. The van der Waals surface area contributed by atoms with E-state index in [2.05, 4.69) is 31.5 Å². The van der Waals surface area contributed by atoms with E-state index in [1.807, 2.05) is 45.2 Å². The van der Waals surface area contributed by atoms with Gasteiger partial charge in [0.15, 0.2) is 0 Å². The van der Waals surface area contributed by atoms with Crippen molar-refractivity contribution in [1.29, 1.82) is 0 Å². The van der Waals surface area contributed by atoms with Crippen LogP contribution in [0.2, 0.25) is 0 Å². The maximum atomic E-state index is 4.39. The van der Waals surface area contributed by atoms with E-state index in [9.17, 15) is 0 Å². The van der Waals surface area contributed by atoms with Crippen molar-refractivity contribution in [1.82, 2.24) is 4.98 Å². The molecule has 0 aromatic carbocycles. The highest BCUT2D eigenvalue weighted by molar-refractivity contribution is 5.66. The molecule has 0 amide bonds. The van der Waals surface area contributed by atoms with Crippen LogP contribution in [0.15, 0.2) is 24.9 Å². The number of aromatic nitrogens is 1. The zero-order valence-electron chi connectivity index (χ0n) is 11.1. The Labute approximate surface area is 99.9 Å². The molecule has 0 fully saturated rings. The third-order valence-electron chi connectivity index (χ3n) is 2.15. The minimum atomic E-state index is 0.438. The van der Waals surface area contributed by atoms with Crippen molar-refractivity contribution >= 4 is 12.2 Å². The highest BCUT2D eigenvalue weighted by Crippen LogP contribution is 2.22. The predicted octanol–water partition coefficient (Wildman–Crippen LogP) is 4.91. The van der Waals surface area contributed by atoms with Gasteiger partial charge in [0.2, 0.25) is 0 Å². The highest BCUT2D eigenvalue weighted by Gasteiger charge is 2.07. The largest absolute Gasteiger partial charge is 0.260 e. The van der Waals surface area contributed by atoms with E-state index < -0.39 is 0 Å². The summed E-state index contributed by atoms with van der Waals surface area (Å²) in [4.78, 5) is 4.39.